The van der Waals surface area contributed by atoms with Gasteiger partial charge in [0.2, 0.25) is 0 Å². The minimum absolute atomic E-state index is 0.132. The first-order valence-electron chi connectivity index (χ1n) is 7.09. The lowest BCUT2D eigenvalue weighted by atomic mass is 10.0. The minimum Gasteiger partial charge on any atom is -0.444 e. The van der Waals surface area contributed by atoms with E-state index in [1.165, 1.54) is 0 Å². The van der Waals surface area contributed by atoms with Crippen LogP contribution in [0.3, 0.4) is 0 Å². The number of amides is 1. The first kappa shape index (κ1) is 17.5. The largest absolute Gasteiger partial charge is 0.444 e. The van der Waals surface area contributed by atoms with Crippen molar-refractivity contribution < 1.29 is 14.3 Å². The van der Waals surface area contributed by atoms with Crippen LogP contribution in [0, 0.1) is 0 Å². The number of hydrogen-bond donors (Lipinski definition) is 1. The van der Waals surface area contributed by atoms with Crippen LogP contribution in [0.5, 0.6) is 0 Å². The van der Waals surface area contributed by atoms with Crippen molar-refractivity contribution in [3.05, 3.63) is 18.2 Å². The zero-order chi connectivity index (χ0) is 16.3. The summed E-state index contributed by atoms with van der Waals surface area (Å²) in [5.74, 6) is 0. The van der Waals surface area contributed by atoms with Crippen molar-refractivity contribution in [2.75, 3.05) is 13.7 Å². The molecule has 1 amide bonds. The minimum atomic E-state index is -0.596. The monoisotopic (exact) mass is 297 g/mol. The van der Waals surface area contributed by atoms with Gasteiger partial charge in [0.1, 0.15) is 5.60 Å². The van der Waals surface area contributed by atoms with Gasteiger partial charge in [-0.3, -0.25) is 0 Å². The Labute approximate surface area is 126 Å². The van der Waals surface area contributed by atoms with E-state index in [4.69, 9.17) is 9.47 Å². The number of carbonyl (C=O) groups excluding carboxylic acids is 1. The molecule has 1 aromatic rings. The average Bonchev–Trinajstić information content (AvgIpc) is 2.74. The molecular formula is C15H27N3O3. The molecule has 0 aliphatic carbocycles. The number of alkyl carbamates (subject to hydrolysis) is 1. The Morgan fingerprint density at radius 1 is 1.38 bits per heavy atom. The normalized spacial score (nSPS) is 13.9. The standard InChI is InChI=1S/C15H27N3O3/c1-11(9-20-7)18-10-16-8-12(18)15(5,6)17-13(19)21-14(2,3)4/h8,10-11H,9H2,1-7H3,(H,17,19). The quantitative estimate of drug-likeness (QED) is 0.907. The smallest absolute Gasteiger partial charge is 0.408 e. The van der Waals surface area contributed by atoms with Gasteiger partial charge in [-0.2, -0.15) is 0 Å². The molecule has 1 unspecified atom stereocenters. The molecular weight excluding hydrogens is 270 g/mol. The summed E-state index contributed by atoms with van der Waals surface area (Å²) < 4.78 is 12.5. The van der Waals surface area contributed by atoms with Crippen molar-refractivity contribution in [1.82, 2.24) is 14.9 Å². The molecule has 1 heterocycles. The van der Waals surface area contributed by atoms with Crippen LogP contribution in [-0.2, 0) is 15.0 Å². The summed E-state index contributed by atoms with van der Waals surface area (Å²) in [5.41, 5.74) is -0.220. The highest BCUT2D eigenvalue weighted by Gasteiger charge is 2.30. The van der Waals surface area contributed by atoms with Gasteiger partial charge in [0, 0.05) is 7.11 Å². The van der Waals surface area contributed by atoms with Gasteiger partial charge in [-0.1, -0.05) is 0 Å². The number of ether oxygens (including phenoxy) is 2. The molecule has 120 valence electrons. The van der Waals surface area contributed by atoms with Crippen LogP contribution in [0.15, 0.2) is 12.5 Å². The molecule has 1 N–H and O–H groups in total. The van der Waals surface area contributed by atoms with Crippen molar-refractivity contribution in [1.29, 1.82) is 0 Å². The van der Waals surface area contributed by atoms with Crippen LogP contribution >= 0.6 is 0 Å². The first-order chi connectivity index (χ1) is 9.57. The number of methoxy groups -OCH3 is 1. The third-order valence-electron chi connectivity index (χ3n) is 3.00. The molecule has 6 heteroatoms. The Morgan fingerprint density at radius 2 is 2.00 bits per heavy atom. The predicted molar refractivity (Wildman–Crippen MR) is 81.2 cm³/mol. The molecule has 1 rings (SSSR count). The molecule has 1 aromatic heterocycles. The number of aromatic nitrogens is 2. The highest BCUT2D eigenvalue weighted by Crippen LogP contribution is 2.23. The molecule has 0 fully saturated rings. The van der Waals surface area contributed by atoms with E-state index in [1.807, 2.05) is 46.1 Å². The van der Waals surface area contributed by atoms with Crippen LogP contribution < -0.4 is 5.32 Å². The molecule has 0 bridgehead atoms. The molecule has 1 atom stereocenters. The van der Waals surface area contributed by atoms with Crippen molar-refractivity contribution in [2.45, 2.75) is 58.7 Å². The van der Waals surface area contributed by atoms with Gasteiger partial charge >= 0.3 is 6.09 Å². The predicted octanol–water partition coefficient (Wildman–Crippen LogP) is 2.85. The summed E-state index contributed by atoms with van der Waals surface area (Å²) in [6.45, 7) is 12.0. The Kier molecular flexibility index (Phi) is 5.39. The second-order valence-corrected chi connectivity index (χ2v) is 6.74. The van der Waals surface area contributed by atoms with Gasteiger partial charge in [-0.05, 0) is 41.5 Å². The maximum absolute atomic E-state index is 12.0. The summed E-state index contributed by atoms with van der Waals surface area (Å²) in [7, 11) is 1.66. The highest BCUT2D eigenvalue weighted by atomic mass is 16.6. The van der Waals surface area contributed by atoms with Crippen LogP contribution in [0.25, 0.3) is 0 Å². The van der Waals surface area contributed by atoms with Gasteiger partial charge in [-0.25, -0.2) is 9.78 Å². The SMILES string of the molecule is COCC(C)n1cncc1C(C)(C)NC(=O)OC(C)(C)C. The lowest BCUT2D eigenvalue weighted by Gasteiger charge is -2.30. The van der Waals surface area contributed by atoms with E-state index in [9.17, 15) is 4.79 Å². The lowest BCUT2D eigenvalue weighted by Crippen LogP contribution is -2.45. The molecule has 0 aliphatic rings. The lowest BCUT2D eigenvalue weighted by molar-refractivity contribution is 0.0465. The van der Waals surface area contributed by atoms with Crippen molar-refractivity contribution >= 4 is 6.09 Å². The number of hydrogen-bond acceptors (Lipinski definition) is 4. The van der Waals surface area contributed by atoms with Gasteiger partial charge < -0.3 is 19.4 Å². The zero-order valence-electron chi connectivity index (χ0n) is 14.1. The third kappa shape index (κ3) is 5.04. The second-order valence-electron chi connectivity index (χ2n) is 6.74. The number of nitrogens with one attached hydrogen (secondary N) is 1. The summed E-state index contributed by atoms with van der Waals surface area (Å²) >= 11 is 0. The van der Waals surface area contributed by atoms with Gasteiger partial charge in [-0.15, -0.1) is 0 Å². The highest BCUT2D eigenvalue weighted by molar-refractivity contribution is 5.68. The van der Waals surface area contributed by atoms with E-state index in [-0.39, 0.29) is 6.04 Å². The summed E-state index contributed by atoms with van der Waals surface area (Å²) in [6.07, 6.45) is 3.06. The average molecular weight is 297 g/mol. The van der Waals surface area contributed by atoms with Crippen LogP contribution in [-0.4, -0.2) is 35.0 Å². The Hall–Kier alpha value is -1.56. The topological polar surface area (TPSA) is 65.4 Å². The molecule has 0 aromatic carbocycles. The number of carbonyl (C=O) groups is 1. The fourth-order valence-electron chi connectivity index (χ4n) is 2.08. The van der Waals surface area contributed by atoms with Crippen molar-refractivity contribution in [3.63, 3.8) is 0 Å². The fourth-order valence-corrected chi connectivity index (χ4v) is 2.08. The van der Waals surface area contributed by atoms with Crippen LogP contribution in [0.2, 0.25) is 0 Å². The Balaban J connectivity index is 2.88. The summed E-state index contributed by atoms with van der Waals surface area (Å²) in [4.78, 5) is 16.2. The number of rotatable bonds is 5. The molecule has 21 heavy (non-hydrogen) atoms. The molecule has 0 aliphatic heterocycles. The molecule has 6 nitrogen and oxygen atoms in total. The van der Waals surface area contributed by atoms with E-state index in [0.29, 0.717) is 6.61 Å². The van der Waals surface area contributed by atoms with E-state index in [2.05, 4.69) is 10.3 Å². The van der Waals surface area contributed by atoms with Crippen molar-refractivity contribution in [2.24, 2.45) is 0 Å². The number of nitrogens with zero attached hydrogens (tertiary/aromatic N) is 2. The summed E-state index contributed by atoms with van der Waals surface area (Å²) in [6, 6.07) is 0.132. The summed E-state index contributed by atoms with van der Waals surface area (Å²) in [5, 5.41) is 2.89. The molecule has 0 saturated heterocycles. The van der Waals surface area contributed by atoms with E-state index in [0.717, 1.165) is 5.69 Å². The number of imidazole rings is 1. The molecule has 0 spiro atoms. The first-order valence-corrected chi connectivity index (χ1v) is 7.09. The van der Waals surface area contributed by atoms with E-state index >= 15 is 0 Å². The second kappa shape index (κ2) is 6.47. The Bertz CT molecular complexity index is 475. The van der Waals surface area contributed by atoms with E-state index < -0.39 is 17.2 Å². The van der Waals surface area contributed by atoms with Gasteiger partial charge in [0.05, 0.1) is 36.4 Å². The van der Waals surface area contributed by atoms with E-state index in [1.54, 1.807) is 19.6 Å². The van der Waals surface area contributed by atoms with Gasteiger partial charge in [0.25, 0.3) is 0 Å². The maximum Gasteiger partial charge on any atom is 0.408 e. The van der Waals surface area contributed by atoms with Gasteiger partial charge in [0.15, 0.2) is 0 Å². The van der Waals surface area contributed by atoms with Crippen molar-refractivity contribution in [3.8, 4) is 0 Å². The fraction of sp³-hybridized carbons (Fsp3) is 0.733. The Morgan fingerprint density at radius 3 is 2.52 bits per heavy atom. The molecule has 0 radical (unpaired) electrons. The third-order valence-corrected chi connectivity index (χ3v) is 3.00. The molecule has 0 saturated carbocycles. The zero-order valence-corrected chi connectivity index (χ0v) is 14.1. The maximum atomic E-state index is 12.0. The van der Waals surface area contributed by atoms with Crippen LogP contribution in [0.4, 0.5) is 4.79 Å². The van der Waals surface area contributed by atoms with Crippen LogP contribution in [0.1, 0.15) is 53.3 Å².